The minimum absolute atomic E-state index is 0.120. The standard InChI is InChI=1S/C12H14N2O2/c1-3-4-12(16)14-11-7-5-10(6-8-11)13-9(2)15/h3-8H,1-2H3,(H,13,15)(H,14,16). The van der Waals surface area contributed by atoms with Crippen LogP contribution >= 0.6 is 0 Å². The van der Waals surface area contributed by atoms with Gasteiger partial charge in [0.1, 0.15) is 0 Å². The van der Waals surface area contributed by atoms with Crippen LogP contribution in [0.3, 0.4) is 0 Å². The van der Waals surface area contributed by atoms with Gasteiger partial charge in [-0.15, -0.1) is 0 Å². The van der Waals surface area contributed by atoms with Crippen LogP contribution in [0.5, 0.6) is 0 Å². The molecule has 2 amide bonds. The SMILES string of the molecule is CC=CC(=O)Nc1ccc(NC(C)=O)cc1. The fraction of sp³-hybridized carbons (Fsp3) is 0.167. The average Bonchev–Trinajstić information content (AvgIpc) is 2.20. The minimum Gasteiger partial charge on any atom is -0.326 e. The van der Waals surface area contributed by atoms with E-state index >= 15 is 0 Å². The molecule has 0 radical (unpaired) electrons. The van der Waals surface area contributed by atoms with E-state index in [0.29, 0.717) is 11.4 Å². The number of carbonyl (C=O) groups excluding carboxylic acids is 2. The normalized spacial score (nSPS) is 10.1. The molecule has 0 atom stereocenters. The van der Waals surface area contributed by atoms with Crippen LogP contribution in [-0.4, -0.2) is 11.8 Å². The Hall–Kier alpha value is -2.10. The molecule has 0 aliphatic rings. The Morgan fingerprint density at radius 3 is 2.00 bits per heavy atom. The van der Waals surface area contributed by atoms with E-state index in [1.54, 1.807) is 37.3 Å². The van der Waals surface area contributed by atoms with Gasteiger partial charge in [0, 0.05) is 18.3 Å². The van der Waals surface area contributed by atoms with Gasteiger partial charge < -0.3 is 10.6 Å². The predicted octanol–water partition coefficient (Wildman–Crippen LogP) is 2.16. The van der Waals surface area contributed by atoms with Crippen molar-refractivity contribution in [3.05, 3.63) is 36.4 Å². The highest BCUT2D eigenvalue weighted by Crippen LogP contribution is 2.13. The second-order valence-corrected chi connectivity index (χ2v) is 3.25. The third-order valence-corrected chi connectivity index (χ3v) is 1.79. The summed E-state index contributed by atoms with van der Waals surface area (Å²) in [5.41, 5.74) is 1.40. The lowest BCUT2D eigenvalue weighted by Gasteiger charge is -2.04. The molecule has 0 aliphatic carbocycles. The second kappa shape index (κ2) is 5.70. The van der Waals surface area contributed by atoms with E-state index in [1.807, 2.05) is 0 Å². The van der Waals surface area contributed by atoms with Gasteiger partial charge in [-0.3, -0.25) is 9.59 Å². The van der Waals surface area contributed by atoms with E-state index in [1.165, 1.54) is 13.0 Å². The highest BCUT2D eigenvalue weighted by atomic mass is 16.2. The topological polar surface area (TPSA) is 58.2 Å². The van der Waals surface area contributed by atoms with Crippen molar-refractivity contribution in [3.8, 4) is 0 Å². The quantitative estimate of drug-likeness (QED) is 0.764. The lowest BCUT2D eigenvalue weighted by molar-refractivity contribution is -0.114. The summed E-state index contributed by atoms with van der Waals surface area (Å²) >= 11 is 0. The summed E-state index contributed by atoms with van der Waals surface area (Å²) in [6, 6.07) is 6.92. The molecule has 2 N–H and O–H groups in total. The van der Waals surface area contributed by atoms with E-state index < -0.39 is 0 Å². The molecular formula is C12H14N2O2. The zero-order valence-electron chi connectivity index (χ0n) is 9.28. The van der Waals surface area contributed by atoms with Crippen LogP contribution in [0.2, 0.25) is 0 Å². The fourth-order valence-electron chi connectivity index (χ4n) is 1.18. The summed E-state index contributed by atoms with van der Waals surface area (Å²) in [6.45, 7) is 3.22. The Balaban J connectivity index is 2.64. The number of amides is 2. The van der Waals surface area contributed by atoms with Crippen molar-refractivity contribution in [1.82, 2.24) is 0 Å². The van der Waals surface area contributed by atoms with Gasteiger partial charge in [0.05, 0.1) is 0 Å². The maximum atomic E-state index is 11.2. The van der Waals surface area contributed by atoms with E-state index in [-0.39, 0.29) is 11.8 Å². The molecule has 0 aliphatic heterocycles. The molecule has 4 heteroatoms. The van der Waals surface area contributed by atoms with E-state index in [9.17, 15) is 9.59 Å². The summed E-state index contributed by atoms with van der Waals surface area (Å²) in [4.78, 5) is 22.0. The average molecular weight is 218 g/mol. The van der Waals surface area contributed by atoms with Crippen LogP contribution in [0.1, 0.15) is 13.8 Å². The molecule has 0 bridgehead atoms. The number of carbonyl (C=O) groups is 2. The monoisotopic (exact) mass is 218 g/mol. The highest BCUT2D eigenvalue weighted by Gasteiger charge is 1.98. The fourth-order valence-corrected chi connectivity index (χ4v) is 1.18. The highest BCUT2D eigenvalue weighted by molar-refractivity contribution is 5.99. The van der Waals surface area contributed by atoms with Crippen LogP contribution in [-0.2, 0) is 9.59 Å². The summed E-state index contributed by atoms with van der Waals surface area (Å²) in [7, 11) is 0. The Labute approximate surface area is 94.4 Å². The second-order valence-electron chi connectivity index (χ2n) is 3.25. The van der Waals surface area contributed by atoms with Crippen molar-refractivity contribution in [1.29, 1.82) is 0 Å². The number of benzene rings is 1. The number of rotatable bonds is 3. The van der Waals surface area contributed by atoms with Gasteiger partial charge >= 0.3 is 0 Å². The molecule has 1 aromatic carbocycles. The first-order valence-electron chi connectivity index (χ1n) is 4.93. The zero-order valence-corrected chi connectivity index (χ0v) is 9.28. The van der Waals surface area contributed by atoms with Gasteiger partial charge in [-0.2, -0.15) is 0 Å². The van der Waals surface area contributed by atoms with Crippen LogP contribution in [0.15, 0.2) is 36.4 Å². The van der Waals surface area contributed by atoms with Crippen molar-refractivity contribution in [2.45, 2.75) is 13.8 Å². The summed E-state index contributed by atoms with van der Waals surface area (Å²) < 4.78 is 0. The van der Waals surface area contributed by atoms with E-state index in [0.717, 1.165) is 0 Å². The zero-order chi connectivity index (χ0) is 12.0. The third kappa shape index (κ3) is 3.96. The molecule has 0 saturated heterocycles. The van der Waals surface area contributed by atoms with E-state index in [2.05, 4.69) is 10.6 Å². The summed E-state index contributed by atoms with van der Waals surface area (Å²) in [5, 5.41) is 5.33. The molecule has 16 heavy (non-hydrogen) atoms. The first-order valence-corrected chi connectivity index (χ1v) is 4.93. The number of hydrogen-bond acceptors (Lipinski definition) is 2. The van der Waals surface area contributed by atoms with Gasteiger partial charge in [-0.25, -0.2) is 0 Å². The predicted molar refractivity (Wildman–Crippen MR) is 64.2 cm³/mol. The van der Waals surface area contributed by atoms with Gasteiger partial charge in [-0.1, -0.05) is 6.08 Å². The van der Waals surface area contributed by atoms with Gasteiger partial charge in [-0.05, 0) is 37.3 Å². The van der Waals surface area contributed by atoms with Crippen LogP contribution in [0.25, 0.3) is 0 Å². The number of allylic oxidation sites excluding steroid dienone is 1. The van der Waals surface area contributed by atoms with Crippen molar-refractivity contribution < 1.29 is 9.59 Å². The molecule has 0 heterocycles. The molecule has 1 rings (SSSR count). The van der Waals surface area contributed by atoms with Crippen molar-refractivity contribution in [2.24, 2.45) is 0 Å². The largest absolute Gasteiger partial charge is 0.326 e. The van der Waals surface area contributed by atoms with Crippen molar-refractivity contribution in [2.75, 3.05) is 10.6 Å². The lowest BCUT2D eigenvalue weighted by atomic mass is 10.2. The molecule has 0 spiro atoms. The van der Waals surface area contributed by atoms with Gasteiger partial charge in [0.2, 0.25) is 11.8 Å². The maximum Gasteiger partial charge on any atom is 0.248 e. The molecule has 84 valence electrons. The number of anilines is 2. The smallest absolute Gasteiger partial charge is 0.248 e. The third-order valence-electron chi connectivity index (χ3n) is 1.79. The lowest BCUT2D eigenvalue weighted by Crippen LogP contribution is -2.08. The van der Waals surface area contributed by atoms with E-state index in [4.69, 9.17) is 0 Å². The first-order chi connectivity index (χ1) is 7.61. The van der Waals surface area contributed by atoms with Crippen LogP contribution in [0.4, 0.5) is 11.4 Å². The molecule has 1 aromatic rings. The van der Waals surface area contributed by atoms with Gasteiger partial charge in [0.15, 0.2) is 0 Å². The van der Waals surface area contributed by atoms with Gasteiger partial charge in [0.25, 0.3) is 0 Å². The molecule has 0 aromatic heterocycles. The Morgan fingerprint density at radius 1 is 1.06 bits per heavy atom. The van der Waals surface area contributed by atoms with Crippen molar-refractivity contribution in [3.63, 3.8) is 0 Å². The molecular weight excluding hydrogens is 204 g/mol. The Morgan fingerprint density at radius 2 is 1.56 bits per heavy atom. The van der Waals surface area contributed by atoms with Crippen LogP contribution in [0, 0.1) is 0 Å². The Bertz CT molecular complexity index is 408. The Kier molecular flexibility index (Phi) is 4.27. The van der Waals surface area contributed by atoms with Crippen molar-refractivity contribution >= 4 is 23.2 Å². The summed E-state index contributed by atoms with van der Waals surface area (Å²) in [5.74, 6) is -0.291. The minimum atomic E-state index is -0.172. The van der Waals surface area contributed by atoms with Crippen LogP contribution < -0.4 is 10.6 Å². The molecule has 4 nitrogen and oxygen atoms in total. The molecule has 0 saturated carbocycles. The molecule has 0 unspecified atom stereocenters. The number of hydrogen-bond donors (Lipinski definition) is 2. The first kappa shape index (κ1) is 12.0. The molecule has 0 fully saturated rings. The maximum absolute atomic E-state index is 11.2. The number of nitrogens with one attached hydrogen (secondary N) is 2. The summed E-state index contributed by atoms with van der Waals surface area (Å²) in [6.07, 6.45) is 3.11.